The molecule has 0 radical (unpaired) electrons. The third-order valence-corrected chi connectivity index (χ3v) is 2.55. The predicted molar refractivity (Wildman–Crippen MR) is 64.0 cm³/mol. The topological polar surface area (TPSA) is 77.2 Å². The Balaban J connectivity index is 2.48. The van der Waals surface area contributed by atoms with Crippen molar-refractivity contribution in [1.29, 1.82) is 0 Å². The number of hydrogen-bond donors (Lipinski definition) is 1. The Morgan fingerprint density at radius 1 is 1.43 bits per heavy atom. The van der Waals surface area contributed by atoms with E-state index in [4.69, 9.17) is 9.84 Å². The third-order valence-electron chi connectivity index (χ3n) is 2.55. The maximum absolute atomic E-state index is 13.0. The Morgan fingerprint density at radius 2 is 2.14 bits per heavy atom. The molecule has 0 aliphatic rings. The molecule has 0 spiro atoms. The smallest absolute Gasteiger partial charge is 0.433 e. The number of carbonyl (C=O) groups is 1. The summed E-state index contributed by atoms with van der Waals surface area (Å²) in [5, 5.41) is 12.5. The average Bonchev–Trinajstić information content (AvgIpc) is 2.83. The molecule has 2 heterocycles. The predicted octanol–water partition coefficient (Wildman–Crippen LogP) is 2.13. The number of methoxy groups -OCH3 is 1. The SMILES string of the molecule is COCc1cc(C(F)(F)F)n(-c2ccc(C(=O)O)nc2)n1. The maximum Gasteiger partial charge on any atom is 0.433 e. The highest BCUT2D eigenvalue weighted by molar-refractivity contribution is 5.85. The Bertz CT molecular complexity index is 650. The number of aromatic nitrogens is 3. The molecular weight excluding hydrogens is 291 g/mol. The van der Waals surface area contributed by atoms with Crippen molar-refractivity contribution in [2.24, 2.45) is 0 Å². The Morgan fingerprint density at radius 3 is 2.62 bits per heavy atom. The monoisotopic (exact) mass is 301 g/mol. The van der Waals surface area contributed by atoms with Gasteiger partial charge in [-0.05, 0) is 18.2 Å². The summed E-state index contributed by atoms with van der Waals surface area (Å²) in [6.45, 7) is -0.0727. The van der Waals surface area contributed by atoms with Gasteiger partial charge in [0.25, 0.3) is 0 Å². The van der Waals surface area contributed by atoms with Crippen molar-refractivity contribution in [2.45, 2.75) is 12.8 Å². The molecule has 9 heteroatoms. The first-order valence-corrected chi connectivity index (χ1v) is 5.67. The van der Waals surface area contributed by atoms with Crippen LogP contribution in [0.25, 0.3) is 5.69 Å². The molecular formula is C12H10F3N3O3. The number of carboxylic acid groups (broad SMARTS) is 1. The molecule has 112 valence electrons. The van der Waals surface area contributed by atoms with Gasteiger partial charge < -0.3 is 9.84 Å². The fourth-order valence-corrected chi connectivity index (χ4v) is 1.69. The number of halogens is 3. The van der Waals surface area contributed by atoms with Crippen molar-refractivity contribution in [1.82, 2.24) is 14.8 Å². The van der Waals surface area contributed by atoms with Crippen LogP contribution in [0.2, 0.25) is 0 Å². The number of ether oxygens (including phenoxy) is 1. The number of rotatable bonds is 4. The van der Waals surface area contributed by atoms with Crippen molar-refractivity contribution >= 4 is 5.97 Å². The minimum atomic E-state index is -4.61. The Labute approximate surface area is 116 Å². The van der Waals surface area contributed by atoms with Crippen molar-refractivity contribution in [3.63, 3.8) is 0 Å². The van der Waals surface area contributed by atoms with E-state index in [9.17, 15) is 18.0 Å². The van der Waals surface area contributed by atoms with Gasteiger partial charge in [-0.1, -0.05) is 0 Å². The van der Waals surface area contributed by atoms with Gasteiger partial charge in [0.05, 0.1) is 24.2 Å². The van der Waals surface area contributed by atoms with Gasteiger partial charge in [-0.15, -0.1) is 0 Å². The fourth-order valence-electron chi connectivity index (χ4n) is 1.69. The molecule has 0 amide bonds. The van der Waals surface area contributed by atoms with E-state index in [-0.39, 0.29) is 23.7 Å². The van der Waals surface area contributed by atoms with Gasteiger partial charge in [-0.3, -0.25) is 0 Å². The van der Waals surface area contributed by atoms with Gasteiger partial charge in [0, 0.05) is 7.11 Å². The fraction of sp³-hybridized carbons (Fsp3) is 0.250. The lowest BCUT2D eigenvalue weighted by Gasteiger charge is -2.09. The molecule has 2 aromatic heterocycles. The second kappa shape index (κ2) is 5.52. The lowest BCUT2D eigenvalue weighted by atomic mass is 10.3. The van der Waals surface area contributed by atoms with Crippen LogP contribution in [0.5, 0.6) is 0 Å². The van der Waals surface area contributed by atoms with Crippen LogP contribution in [0.3, 0.4) is 0 Å². The highest BCUT2D eigenvalue weighted by Crippen LogP contribution is 2.31. The molecule has 0 atom stereocenters. The number of aromatic carboxylic acids is 1. The molecule has 21 heavy (non-hydrogen) atoms. The van der Waals surface area contributed by atoms with Crippen LogP contribution >= 0.6 is 0 Å². The first-order chi connectivity index (χ1) is 9.82. The van der Waals surface area contributed by atoms with Crippen LogP contribution in [0, 0.1) is 0 Å². The molecule has 0 fully saturated rings. The standard InChI is InChI=1S/C12H10F3N3O3/c1-21-6-7-4-10(12(13,14)15)18(17-7)8-2-3-9(11(19)20)16-5-8/h2-5H,6H2,1H3,(H,19,20). The van der Waals surface area contributed by atoms with Gasteiger partial charge >= 0.3 is 12.1 Å². The molecule has 1 N–H and O–H groups in total. The molecule has 2 rings (SSSR count). The van der Waals surface area contributed by atoms with E-state index in [0.29, 0.717) is 4.68 Å². The zero-order valence-corrected chi connectivity index (χ0v) is 10.8. The average molecular weight is 301 g/mol. The molecule has 6 nitrogen and oxygen atoms in total. The van der Waals surface area contributed by atoms with Crippen molar-refractivity contribution in [3.05, 3.63) is 41.5 Å². The number of alkyl halides is 3. The summed E-state index contributed by atoms with van der Waals surface area (Å²) in [7, 11) is 1.34. The van der Waals surface area contributed by atoms with E-state index in [1.165, 1.54) is 13.2 Å². The minimum Gasteiger partial charge on any atom is -0.477 e. The van der Waals surface area contributed by atoms with Gasteiger partial charge in [-0.2, -0.15) is 18.3 Å². The molecule has 0 saturated heterocycles. The molecule has 0 saturated carbocycles. The van der Waals surface area contributed by atoms with E-state index < -0.39 is 17.8 Å². The lowest BCUT2D eigenvalue weighted by molar-refractivity contribution is -0.142. The quantitative estimate of drug-likeness (QED) is 0.936. The summed E-state index contributed by atoms with van der Waals surface area (Å²) in [5.74, 6) is -1.27. The number of pyridine rings is 1. The highest BCUT2D eigenvalue weighted by Gasteiger charge is 2.36. The molecule has 0 aliphatic carbocycles. The van der Waals surface area contributed by atoms with Crippen molar-refractivity contribution in [3.8, 4) is 5.69 Å². The van der Waals surface area contributed by atoms with Crippen molar-refractivity contribution in [2.75, 3.05) is 7.11 Å². The van der Waals surface area contributed by atoms with Crippen LogP contribution < -0.4 is 0 Å². The minimum absolute atomic E-state index is 0.00896. The molecule has 0 unspecified atom stereocenters. The summed E-state index contributed by atoms with van der Waals surface area (Å²) in [4.78, 5) is 14.3. The lowest BCUT2D eigenvalue weighted by Crippen LogP contribution is -2.13. The van der Waals surface area contributed by atoms with Crippen LogP contribution in [-0.4, -0.2) is 33.0 Å². The number of carboxylic acids is 1. The zero-order valence-electron chi connectivity index (χ0n) is 10.8. The summed E-state index contributed by atoms with van der Waals surface area (Å²) < 4.78 is 44.4. The van der Waals surface area contributed by atoms with Crippen LogP contribution in [0.4, 0.5) is 13.2 Å². The molecule has 0 aromatic carbocycles. The first-order valence-electron chi connectivity index (χ1n) is 5.67. The summed E-state index contributed by atoms with van der Waals surface area (Å²) in [6.07, 6.45) is -3.59. The van der Waals surface area contributed by atoms with Gasteiger partial charge in [0.2, 0.25) is 0 Å². The Hall–Kier alpha value is -2.42. The van der Waals surface area contributed by atoms with Gasteiger partial charge in [-0.25, -0.2) is 14.5 Å². The third kappa shape index (κ3) is 3.19. The second-order valence-corrected chi connectivity index (χ2v) is 4.07. The van der Waals surface area contributed by atoms with E-state index in [0.717, 1.165) is 18.3 Å². The van der Waals surface area contributed by atoms with E-state index in [2.05, 4.69) is 10.1 Å². The Kier molecular flexibility index (Phi) is 3.94. The number of nitrogens with zero attached hydrogens (tertiary/aromatic N) is 3. The summed E-state index contributed by atoms with van der Waals surface area (Å²) in [6, 6.07) is 3.18. The largest absolute Gasteiger partial charge is 0.477 e. The second-order valence-electron chi connectivity index (χ2n) is 4.07. The van der Waals surface area contributed by atoms with Crippen LogP contribution in [0.15, 0.2) is 24.4 Å². The highest BCUT2D eigenvalue weighted by atomic mass is 19.4. The van der Waals surface area contributed by atoms with Gasteiger partial charge in [0.1, 0.15) is 11.4 Å². The van der Waals surface area contributed by atoms with Gasteiger partial charge in [0.15, 0.2) is 0 Å². The maximum atomic E-state index is 13.0. The molecule has 0 aliphatic heterocycles. The molecule has 2 aromatic rings. The van der Waals surface area contributed by atoms with Crippen molar-refractivity contribution < 1.29 is 27.8 Å². The zero-order chi connectivity index (χ0) is 15.6. The first kappa shape index (κ1) is 15.0. The van der Waals surface area contributed by atoms with E-state index in [1.807, 2.05) is 0 Å². The summed E-state index contributed by atoms with van der Waals surface area (Å²) >= 11 is 0. The van der Waals surface area contributed by atoms with E-state index >= 15 is 0 Å². The number of hydrogen-bond acceptors (Lipinski definition) is 4. The molecule has 0 bridgehead atoms. The van der Waals surface area contributed by atoms with Crippen LogP contribution in [-0.2, 0) is 17.5 Å². The summed E-state index contributed by atoms with van der Waals surface area (Å²) in [5.41, 5.74) is -1.14. The normalized spacial score (nSPS) is 11.6. The van der Waals surface area contributed by atoms with Crippen LogP contribution in [0.1, 0.15) is 21.9 Å². The van der Waals surface area contributed by atoms with E-state index in [1.54, 1.807) is 0 Å².